The molecule has 5 heteroatoms. The highest BCUT2D eigenvalue weighted by atomic mass is 28.4. The molecule has 0 aromatic heterocycles. The maximum absolute atomic E-state index is 9.50. The van der Waals surface area contributed by atoms with Gasteiger partial charge in [-0.15, -0.1) is 0 Å². The maximum Gasteiger partial charge on any atom is 0.200 e. The molecule has 164 valence electrons. The average molecular weight is 419 g/mol. The zero-order valence-corrected chi connectivity index (χ0v) is 22.5. The van der Waals surface area contributed by atoms with E-state index in [2.05, 4.69) is 82.3 Å². The van der Waals surface area contributed by atoms with Gasteiger partial charge in [-0.1, -0.05) is 69.2 Å². The molecule has 2 atom stereocenters. The molecule has 0 unspecified atom stereocenters. The highest BCUT2D eigenvalue weighted by Gasteiger charge is 2.47. The van der Waals surface area contributed by atoms with Crippen molar-refractivity contribution in [1.29, 1.82) is 0 Å². The predicted molar refractivity (Wildman–Crippen MR) is 125 cm³/mol. The average Bonchev–Trinajstić information content (AvgIpc) is 2.48. The normalized spacial score (nSPS) is 16.4. The lowest BCUT2D eigenvalue weighted by Gasteiger charge is -2.46. The first-order chi connectivity index (χ1) is 12.1. The Hall–Kier alpha value is 0.314. The monoisotopic (exact) mass is 418 g/mol. The van der Waals surface area contributed by atoms with Crippen LogP contribution in [0.1, 0.15) is 82.1 Å². The largest absolute Gasteiger partial charge is 0.417 e. The molecule has 1 N–H and O–H groups in total. The molecule has 0 rings (SSSR count). The van der Waals surface area contributed by atoms with Crippen LogP contribution in [0, 0.1) is 5.92 Å². The Morgan fingerprint density at radius 3 is 1.59 bits per heavy atom. The van der Waals surface area contributed by atoms with E-state index in [1.807, 2.05) is 0 Å². The third-order valence-electron chi connectivity index (χ3n) is 6.95. The molecule has 0 heterocycles. The van der Waals surface area contributed by atoms with E-state index in [9.17, 15) is 5.11 Å². The van der Waals surface area contributed by atoms with Crippen molar-refractivity contribution < 1.29 is 14.0 Å². The van der Waals surface area contributed by atoms with E-state index in [1.165, 1.54) is 0 Å². The van der Waals surface area contributed by atoms with Crippen molar-refractivity contribution >= 4 is 16.6 Å². The molecule has 0 spiro atoms. The first kappa shape index (κ1) is 27.3. The lowest BCUT2D eigenvalue weighted by molar-refractivity contribution is 0.0789. The van der Waals surface area contributed by atoms with Gasteiger partial charge in [-0.2, -0.15) is 0 Å². The molecule has 0 bridgehead atoms. The fraction of sp³-hybridized carbons (Fsp3) is 1.00. The molecule has 0 saturated carbocycles. The Kier molecular flexibility index (Phi) is 11.0. The van der Waals surface area contributed by atoms with Gasteiger partial charge in [0, 0.05) is 19.3 Å². The minimum atomic E-state index is -1.94. The molecule has 0 aliphatic rings. The van der Waals surface area contributed by atoms with Gasteiger partial charge in [-0.05, 0) is 53.5 Å². The van der Waals surface area contributed by atoms with Crippen LogP contribution in [-0.2, 0) is 8.85 Å². The van der Waals surface area contributed by atoms with Gasteiger partial charge < -0.3 is 14.0 Å². The zero-order chi connectivity index (χ0) is 21.6. The standard InChI is InChI=1S/C22H50O3Si2/c1-17(2)27(18(3)4,19(5)6)25-21(20(7)13-15-23)14-16-24-26(11,12)22(8,9)10/h17-21,23H,13-16H2,1-12H3/t20-,21+/m0/s1. The molecular weight excluding hydrogens is 368 g/mol. The highest BCUT2D eigenvalue weighted by Crippen LogP contribution is 2.44. The van der Waals surface area contributed by atoms with E-state index in [0.717, 1.165) is 19.4 Å². The van der Waals surface area contributed by atoms with Gasteiger partial charge in [0.2, 0.25) is 8.32 Å². The van der Waals surface area contributed by atoms with Crippen LogP contribution < -0.4 is 0 Å². The summed E-state index contributed by atoms with van der Waals surface area (Å²) in [6.45, 7) is 28.7. The van der Waals surface area contributed by atoms with E-state index in [4.69, 9.17) is 8.85 Å². The summed E-state index contributed by atoms with van der Waals surface area (Å²) < 4.78 is 13.6. The molecule has 0 aromatic rings. The second kappa shape index (κ2) is 10.9. The molecule has 0 fully saturated rings. The quantitative estimate of drug-likeness (QED) is 0.347. The predicted octanol–water partition coefficient (Wildman–Crippen LogP) is 6.98. The van der Waals surface area contributed by atoms with Crippen molar-refractivity contribution in [2.24, 2.45) is 5.92 Å². The Labute approximate surface area is 172 Å². The van der Waals surface area contributed by atoms with E-state index in [-0.39, 0.29) is 17.7 Å². The molecule has 3 nitrogen and oxygen atoms in total. The molecular formula is C22H50O3Si2. The molecule has 0 radical (unpaired) electrons. The van der Waals surface area contributed by atoms with Crippen molar-refractivity contribution in [3.63, 3.8) is 0 Å². The van der Waals surface area contributed by atoms with E-state index >= 15 is 0 Å². The third kappa shape index (κ3) is 7.25. The fourth-order valence-electron chi connectivity index (χ4n) is 4.17. The van der Waals surface area contributed by atoms with Crippen molar-refractivity contribution in [2.75, 3.05) is 13.2 Å². The second-order valence-corrected chi connectivity index (χ2v) is 21.1. The van der Waals surface area contributed by atoms with Crippen molar-refractivity contribution in [3.8, 4) is 0 Å². The number of hydrogen-bond donors (Lipinski definition) is 1. The molecule has 0 saturated heterocycles. The lowest BCUT2D eigenvalue weighted by Crippen LogP contribution is -2.51. The topological polar surface area (TPSA) is 38.7 Å². The zero-order valence-electron chi connectivity index (χ0n) is 20.5. The SMILES string of the molecule is CC(C)[Si](O[C@H](CCO[Si](C)(C)C(C)(C)C)[C@@H](C)CCO)(C(C)C)C(C)C. The third-order valence-corrected chi connectivity index (χ3v) is 17.6. The van der Waals surface area contributed by atoms with Crippen LogP contribution in [0.15, 0.2) is 0 Å². The van der Waals surface area contributed by atoms with Crippen molar-refractivity contribution in [3.05, 3.63) is 0 Å². The number of hydrogen-bond acceptors (Lipinski definition) is 3. The molecule has 27 heavy (non-hydrogen) atoms. The van der Waals surface area contributed by atoms with Crippen LogP contribution in [0.3, 0.4) is 0 Å². The van der Waals surface area contributed by atoms with Crippen LogP contribution >= 0.6 is 0 Å². The summed E-state index contributed by atoms with van der Waals surface area (Å²) >= 11 is 0. The van der Waals surface area contributed by atoms with Gasteiger partial charge in [0.25, 0.3) is 0 Å². The minimum Gasteiger partial charge on any atom is -0.417 e. The summed E-state index contributed by atoms with van der Waals surface area (Å²) in [5.74, 6) is 0.348. The number of rotatable bonds is 12. The van der Waals surface area contributed by atoms with Gasteiger partial charge >= 0.3 is 0 Å². The molecule has 0 aliphatic carbocycles. The summed E-state index contributed by atoms with van der Waals surface area (Å²) in [5, 5.41) is 9.73. The maximum atomic E-state index is 9.50. The summed E-state index contributed by atoms with van der Waals surface area (Å²) in [7, 11) is -3.68. The molecule has 0 aromatic carbocycles. The second-order valence-electron chi connectivity index (χ2n) is 10.9. The summed E-state index contributed by atoms with van der Waals surface area (Å²) in [6, 6.07) is 0. The van der Waals surface area contributed by atoms with Gasteiger partial charge in [0.15, 0.2) is 8.32 Å². The number of aliphatic hydroxyl groups is 1. The van der Waals surface area contributed by atoms with Crippen LogP contribution in [0.5, 0.6) is 0 Å². The van der Waals surface area contributed by atoms with E-state index in [1.54, 1.807) is 0 Å². The van der Waals surface area contributed by atoms with Crippen LogP contribution in [0.4, 0.5) is 0 Å². The Morgan fingerprint density at radius 1 is 0.815 bits per heavy atom. The van der Waals surface area contributed by atoms with Crippen LogP contribution in [-0.4, -0.2) is 41.1 Å². The van der Waals surface area contributed by atoms with Crippen LogP contribution in [0.25, 0.3) is 0 Å². The Bertz CT molecular complexity index is 392. The van der Waals surface area contributed by atoms with Crippen molar-refractivity contribution in [1.82, 2.24) is 0 Å². The van der Waals surface area contributed by atoms with E-state index in [0.29, 0.717) is 22.5 Å². The summed E-state index contributed by atoms with van der Waals surface area (Å²) in [6.07, 6.45) is 1.89. The first-order valence-corrected chi connectivity index (χ1v) is 16.1. The number of aliphatic hydroxyl groups excluding tert-OH is 1. The Balaban J connectivity index is 5.42. The van der Waals surface area contributed by atoms with Gasteiger partial charge in [0.1, 0.15) is 0 Å². The van der Waals surface area contributed by atoms with E-state index < -0.39 is 16.6 Å². The molecule has 0 aliphatic heterocycles. The van der Waals surface area contributed by atoms with Crippen LogP contribution in [0.2, 0.25) is 34.8 Å². The van der Waals surface area contributed by atoms with Gasteiger partial charge in [0.05, 0.1) is 0 Å². The van der Waals surface area contributed by atoms with Gasteiger partial charge in [-0.25, -0.2) is 0 Å². The lowest BCUT2D eigenvalue weighted by atomic mass is 9.99. The smallest absolute Gasteiger partial charge is 0.200 e. The Morgan fingerprint density at radius 2 is 1.26 bits per heavy atom. The highest BCUT2D eigenvalue weighted by molar-refractivity contribution is 6.77. The summed E-state index contributed by atoms with van der Waals surface area (Å²) in [4.78, 5) is 0. The molecule has 0 amide bonds. The first-order valence-electron chi connectivity index (χ1n) is 11.1. The van der Waals surface area contributed by atoms with Gasteiger partial charge in [-0.3, -0.25) is 0 Å². The fourth-order valence-corrected chi connectivity index (χ4v) is 10.9. The minimum absolute atomic E-state index is 0.167. The van der Waals surface area contributed by atoms with Crippen molar-refractivity contribution in [2.45, 2.75) is 123 Å². The summed E-state index contributed by atoms with van der Waals surface area (Å²) in [5.41, 5.74) is 1.72.